The molecule has 0 aromatic rings. The Bertz CT molecular complexity index is 282. The molecule has 0 spiro atoms. The van der Waals surface area contributed by atoms with Gasteiger partial charge in [0.05, 0.1) is 6.61 Å². The highest BCUT2D eigenvalue weighted by Crippen LogP contribution is 2.19. The lowest BCUT2D eigenvalue weighted by molar-refractivity contribution is -0.279. The molecule has 2 heterocycles. The quantitative estimate of drug-likeness (QED) is 0.310. The average Bonchev–Trinajstić information content (AvgIpc) is 2.73. The Labute approximate surface area is 115 Å². The lowest BCUT2D eigenvalue weighted by Crippen LogP contribution is -2.59. The van der Waals surface area contributed by atoms with Crippen molar-refractivity contribution in [1.82, 2.24) is 5.48 Å². The zero-order chi connectivity index (χ0) is 15.1. The second-order valence-electron chi connectivity index (χ2n) is 4.56. The van der Waals surface area contributed by atoms with Crippen LogP contribution in [0.4, 0.5) is 0 Å². The number of aliphatic carboxylic acids is 1. The number of ether oxygens (including phenoxy) is 1. The largest absolute Gasteiger partial charge is 0.479 e. The van der Waals surface area contributed by atoms with E-state index in [4.69, 9.17) is 30.4 Å². The maximum Gasteiger partial charge on any atom is 0.335 e. The first-order valence-electron chi connectivity index (χ1n) is 6.40. The number of aliphatic hydroxyl groups excluding tert-OH is 4. The van der Waals surface area contributed by atoms with Gasteiger partial charge in [0.2, 0.25) is 0 Å². The van der Waals surface area contributed by atoms with Crippen molar-refractivity contribution in [2.75, 3.05) is 13.2 Å². The maximum atomic E-state index is 10.4. The van der Waals surface area contributed by atoms with E-state index in [1.165, 1.54) is 19.3 Å². The fourth-order valence-corrected chi connectivity index (χ4v) is 1.76. The molecule has 0 bridgehead atoms. The highest BCUT2D eigenvalue weighted by Gasteiger charge is 2.46. The van der Waals surface area contributed by atoms with E-state index in [-0.39, 0.29) is 0 Å². The molecule has 9 heteroatoms. The Balaban J connectivity index is 0.000000240. The topological polar surface area (TPSA) is 149 Å². The van der Waals surface area contributed by atoms with E-state index < -0.39 is 36.7 Å². The number of rotatable bonds is 1. The van der Waals surface area contributed by atoms with Crippen molar-refractivity contribution in [2.45, 2.75) is 50.0 Å². The van der Waals surface area contributed by atoms with Crippen LogP contribution in [0.25, 0.3) is 0 Å². The SMILES string of the molecule is C1CCNOCC1.O=C(O)[C@H]1OC(O)[C@H](O)[C@@H](O)[C@@H]1O. The van der Waals surface area contributed by atoms with Crippen molar-refractivity contribution in [3.8, 4) is 0 Å². The second kappa shape index (κ2) is 8.47. The average molecular weight is 295 g/mol. The zero-order valence-corrected chi connectivity index (χ0v) is 10.9. The molecule has 2 fully saturated rings. The number of hydroxylamine groups is 1. The highest BCUT2D eigenvalue weighted by atomic mass is 16.6. The van der Waals surface area contributed by atoms with Gasteiger partial charge in [-0.1, -0.05) is 0 Å². The molecule has 0 aromatic heterocycles. The lowest BCUT2D eigenvalue weighted by atomic mass is 9.99. The standard InChI is InChI=1S/C6H10O7.C5H11NO/c7-1-2(8)4(5(10)11)13-6(12)3(1)9;1-2-4-6-7-5-3-1/h1-4,6-9,12H,(H,10,11);6H,1-5H2/t1-,2-,3+,4-,6?;/m0./s1. The molecule has 2 aliphatic heterocycles. The van der Waals surface area contributed by atoms with Gasteiger partial charge in [-0.3, -0.25) is 0 Å². The Hall–Kier alpha value is -0.810. The number of hydrogen-bond acceptors (Lipinski definition) is 8. The summed E-state index contributed by atoms with van der Waals surface area (Å²) in [6.07, 6.45) is -4.93. The molecular formula is C11H21NO8. The third-order valence-corrected chi connectivity index (χ3v) is 2.96. The fourth-order valence-electron chi connectivity index (χ4n) is 1.76. The van der Waals surface area contributed by atoms with Crippen LogP contribution in [0.2, 0.25) is 0 Å². The van der Waals surface area contributed by atoms with E-state index in [2.05, 4.69) is 10.2 Å². The molecule has 0 saturated carbocycles. The number of carbonyl (C=O) groups is 1. The van der Waals surface area contributed by atoms with Crippen LogP contribution in [0.15, 0.2) is 0 Å². The van der Waals surface area contributed by atoms with Crippen molar-refractivity contribution in [3.05, 3.63) is 0 Å². The summed E-state index contributed by atoms with van der Waals surface area (Å²) >= 11 is 0. The van der Waals surface area contributed by atoms with Crippen molar-refractivity contribution < 1.29 is 39.9 Å². The van der Waals surface area contributed by atoms with Crippen LogP contribution >= 0.6 is 0 Å². The Morgan fingerprint density at radius 2 is 1.70 bits per heavy atom. The monoisotopic (exact) mass is 295 g/mol. The Morgan fingerprint density at radius 1 is 1.00 bits per heavy atom. The molecular weight excluding hydrogens is 274 g/mol. The first-order valence-corrected chi connectivity index (χ1v) is 6.40. The number of carboxylic acids is 1. The first-order chi connectivity index (χ1) is 9.45. The Morgan fingerprint density at radius 3 is 2.35 bits per heavy atom. The molecule has 0 aliphatic carbocycles. The van der Waals surface area contributed by atoms with Gasteiger partial charge in [-0.2, -0.15) is 0 Å². The van der Waals surface area contributed by atoms with Gasteiger partial charge in [-0.05, 0) is 19.3 Å². The van der Waals surface area contributed by atoms with Gasteiger partial charge in [0, 0.05) is 6.54 Å². The van der Waals surface area contributed by atoms with Crippen molar-refractivity contribution >= 4 is 5.97 Å². The minimum atomic E-state index is -1.81. The minimum Gasteiger partial charge on any atom is -0.479 e. The number of nitrogens with one attached hydrogen (secondary N) is 1. The third kappa shape index (κ3) is 4.94. The van der Waals surface area contributed by atoms with Crippen molar-refractivity contribution in [3.63, 3.8) is 0 Å². The molecule has 118 valence electrons. The van der Waals surface area contributed by atoms with Crippen LogP contribution in [0.1, 0.15) is 19.3 Å². The van der Waals surface area contributed by atoms with E-state index in [0.29, 0.717) is 0 Å². The van der Waals surface area contributed by atoms with Gasteiger partial charge in [-0.15, -0.1) is 0 Å². The van der Waals surface area contributed by atoms with Gasteiger partial charge in [0.1, 0.15) is 18.3 Å². The predicted octanol–water partition coefficient (Wildman–Crippen LogP) is -2.44. The van der Waals surface area contributed by atoms with Gasteiger partial charge in [0.25, 0.3) is 0 Å². The molecule has 9 nitrogen and oxygen atoms in total. The molecule has 5 atom stereocenters. The van der Waals surface area contributed by atoms with E-state index in [1.54, 1.807) is 0 Å². The van der Waals surface area contributed by atoms with Gasteiger partial charge in [-0.25, -0.2) is 10.3 Å². The number of aliphatic hydroxyl groups is 4. The molecule has 1 unspecified atom stereocenters. The summed E-state index contributed by atoms with van der Waals surface area (Å²) in [6.45, 7) is 1.92. The normalized spacial score (nSPS) is 38.3. The molecule has 2 rings (SSSR count). The minimum absolute atomic E-state index is 0.889. The maximum absolute atomic E-state index is 10.4. The van der Waals surface area contributed by atoms with Crippen LogP contribution in [-0.2, 0) is 14.4 Å². The van der Waals surface area contributed by atoms with Crippen LogP contribution in [-0.4, -0.2) is 75.4 Å². The van der Waals surface area contributed by atoms with E-state index in [9.17, 15) is 4.79 Å². The summed E-state index contributed by atoms with van der Waals surface area (Å²) in [5.41, 5.74) is 2.85. The van der Waals surface area contributed by atoms with E-state index >= 15 is 0 Å². The van der Waals surface area contributed by atoms with Gasteiger partial charge in [0.15, 0.2) is 12.4 Å². The first kappa shape index (κ1) is 17.2. The summed E-state index contributed by atoms with van der Waals surface area (Å²) in [4.78, 5) is 15.3. The zero-order valence-electron chi connectivity index (χ0n) is 10.9. The molecule has 0 radical (unpaired) electrons. The van der Waals surface area contributed by atoms with Crippen LogP contribution in [0, 0.1) is 0 Å². The summed E-state index contributed by atoms with van der Waals surface area (Å²) in [5, 5.41) is 44.4. The summed E-state index contributed by atoms with van der Waals surface area (Å²) in [6, 6.07) is 0. The number of hydrogen-bond donors (Lipinski definition) is 6. The highest BCUT2D eigenvalue weighted by molar-refractivity contribution is 5.73. The van der Waals surface area contributed by atoms with Crippen LogP contribution in [0.5, 0.6) is 0 Å². The third-order valence-electron chi connectivity index (χ3n) is 2.96. The van der Waals surface area contributed by atoms with E-state index in [1.807, 2.05) is 0 Å². The summed E-state index contributed by atoms with van der Waals surface area (Å²) < 4.78 is 4.34. The molecule has 2 aliphatic rings. The van der Waals surface area contributed by atoms with Gasteiger partial charge >= 0.3 is 5.97 Å². The van der Waals surface area contributed by atoms with Crippen molar-refractivity contribution in [2.24, 2.45) is 0 Å². The smallest absolute Gasteiger partial charge is 0.335 e. The molecule has 6 N–H and O–H groups in total. The van der Waals surface area contributed by atoms with Crippen LogP contribution in [0.3, 0.4) is 0 Å². The van der Waals surface area contributed by atoms with E-state index in [0.717, 1.165) is 13.2 Å². The molecule has 2 saturated heterocycles. The second-order valence-corrected chi connectivity index (χ2v) is 4.56. The van der Waals surface area contributed by atoms with Crippen LogP contribution < -0.4 is 5.48 Å². The lowest BCUT2D eigenvalue weighted by Gasteiger charge is -2.36. The predicted molar refractivity (Wildman–Crippen MR) is 64.3 cm³/mol. The fraction of sp³-hybridized carbons (Fsp3) is 0.909. The summed E-state index contributed by atoms with van der Waals surface area (Å²) in [7, 11) is 0. The molecule has 20 heavy (non-hydrogen) atoms. The van der Waals surface area contributed by atoms with Gasteiger partial charge < -0.3 is 35.1 Å². The number of carboxylic acid groups (broad SMARTS) is 1. The Kier molecular flexibility index (Phi) is 7.30. The van der Waals surface area contributed by atoms with Crippen molar-refractivity contribution in [1.29, 1.82) is 0 Å². The summed E-state index contributed by atoms with van der Waals surface area (Å²) in [5.74, 6) is -1.52. The molecule has 0 aromatic carbocycles. The molecule has 0 amide bonds.